The van der Waals surface area contributed by atoms with E-state index < -0.39 is 36.8 Å². The quantitative estimate of drug-likeness (QED) is 0.107. The monoisotopic (exact) mass is 566 g/mol. The van der Waals surface area contributed by atoms with Gasteiger partial charge in [0, 0.05) is 24.5 Å². The molecule has 2 rings (SSSR count). The van der Waals surface area contributed by atoms with Crippen molar-refractivity contribution in [2.45, 2.75) is 103 Å². The molecule has 2 aromatic heterocycles. The molecule has 0 spiro atoms. The zero-order chi connectivity index (χ0) is 29.1. The number of aromatic nitrogens is 4. The smallest absolute Gasteiger partial charge is 0.382 e. The van der Waals surface area contributed by atoms with Gasteiger partial charge in [-0.1, -0.05) is 31.3 Å². The van der Waals surface area contributed by atoms with Gasteiger partial charge in [-0.15, -0.1) is 0 Å². The number of nitrogen functional groups attached to an aromatic ring is 1. The van der Waals surface area contributed by atoms with E-state index in [1.807, 2.05) is 0 Å². The van der Waals surface area contributed by atoms with Crippen molar-refractivity contribution in [3.8, 4) is 0 Å². The Morgan fingerprint density at radius 3 is 2.13 bits per heavy atom. The number of aryl methyl sites for hydroxylation is 3. The van der Waals surface area contributed by atoms with Crippen LogP contribution in [-0.2, 0) is 29.2 Å². The maximum atomic E-state index is 12.4. The number of azo groups is 1. The van der Waals surface area contributed by atoms with E-state index in [1.54, 1.807) is 26.2 Å². The first-order valence-electron chi connectivity index (χ1n) is 12.9. The number of ketones is 2. The molecular formula is C24H34F6N7O2+. The number of hydrogen-bond donors (Lipinski definition) is 1. The van der Waals surface area contributed by atoms with Crippen molar-refractivity contribution < 1.29 is 40.5 Å². The van der Waals surface area contributed by atoms with E-state index in [9.17, 15) is 35.9 Å². The molecule has 0 radical (unpaired) electrons. The maximum absolute atomic E-state index is 12.4. The Labute approximate surface area is 222 Å². The number of anilines is 1. The highest BCUT2D eigenvalue weighted by Crippen LogP contribution is 2.25. The van der Waals surface area contributed by atoms with Crippen LogP contribution in [0.4, 0.5) is 43.8 Å². The van der Waals surface area contributed by atoms with Gasteiger partial charge in [-0.2, -0.15) is 31.4 Å². The van der Waals surface area contributed by atoms with Crippen LogP contribution in [0.2, 0.25) is 0 Å². The summed E-state index contributed by atoms with van der Waals surface area (Å²) in [5.74, 6) is -2.98. The number of nitrogens with two attached hydrogens (primary N) is 1. The average Bonchev–Trinajstić information content (AvgIpc) is 3.41. The predicted molar refractivity (Wildman–Crippen MR) is 129 cm³/mol. The maximum Gasteiger partial charge on any atom is 0.449 e. The molecule has 0 unspecified atom stereocenters. The highest BCUT2D eigenvalue weighted by Gasteiger charge is 2.38. The fourth-order valence-corrected chi connectivity index (χ4v) is 3.77. The average molecular weight is 567 g/mol. The van der Waals surface area contributed by atoms with Crippen LogP contribution in [0.3, 0.4) is 0 Å². The summed E-state index contributed by atoms with van der Waals surface area (Å²) < 4.78 is 79.5. The zero-order valence-corrected chi connectivity index (χ0v) is 21.8. The summed E-state index contributed by atoms with van der Waals surface area (Å²) in [7, 11) is 0. The SMILES string of the molecule is CCCCCCn1ncc(N=Nc2n(CCCCC(=O)C(F)(F)F)cc[n+]2CCCCC(=O)C(F)(F)F)c1N. The minimum Gasteiger partial charge on any atom is -0.382 e. The van der Waals surface area contributed by atoms with E-state index in [2.05, 4.69) is 22.3 Å². The minimum absolute atomic E-state index is 0.00438. The number of rotatable bonds is 17. The number of Topliss-reactive ketones (excluding diaryl/α,β-unsaturated/α-hetero) is 2. The fraction of sp³-hybridized carbons (Fsp3) is 0.667. The van der Waals surface area contributed by atoms with Gasteiger partial charge in [0.25, 0.3) is 0 Å². The predicted octanol–water partition coefficient (Wildman–Crippen LogP) is 6.15. The van der Waals surface area contributed by atoms with Crippen LogP contribution in [0.15, 0.2) is 28.8 Å². The molecule has 0 aliphatic rings. The topological polar surface area (TPSA) is 112 Å². The summed E-state index contributed by atoms with van der Waals surface area (Å²) in [4.78, 5) is 22.2. The molecule has 0 saturated heterocycles. The van der Waals surface area contributed by atoms with Gasteiger partial charge in [0.1, 0.15) is 0 Å². The summed E-state index contributed by atoms with van der Waals surface area (Å²) in [6.45, 7) is 3.18. The Bertz CT molecular complexity index is 1050. The third-order valence-corrected chi connectivity index (χ3v) is 6.01. The molecule has 0 aromatic carbocycles. The molecule has 0 fully saturated rings. The van der Waals surface area contributed by atoms with Gasteiger partial charge in [0.05, 0.1) is 31.7 Å². The highest BCUT2D eigenvalue weighted by molar-refractivity contribution is 5.84. The lowest BCUT2D eigenvalue weighted by Crippen LogP contribution is -2.32. The van der Waals surface area contributed by atoms with Crippen LogP contribution in [0.5, 0.6) is 0 Å². The third-order valence-electron chi connectivity index (χ3n) is 6.01. The molecule has 9 nitrogen and oxygen atoms in total. The largest absolute Gasteiger partial charge is 0.449 e. The van der Waals surface area contributed by atoms with Gasteiger partial charge in [-0.05, 0) is 32.1 Å². The number of nitrogens with zero attached hydrogens (tertiary/aromatic N) is 6. The lowest BCUT2D eigenvalue weighted by Gasteiger charge is -2.05. The van der Waals surface area contributed by atoms with Crippen LogP contribution < -0.4 is 10.3 Å². The molecule has 2 N–H and O–H groups in total. The van der Waals surface area contributed by atoms with Crippen molar-refractivity contribution in [1.82, 2.24) is 14.3 Å². The molecule has 0 saturated carbocycles. The summed E-state index contributed by atoms with van der Waals surface area (Å²) in [5, 5.41) is 12.7. The normalized spacial score (nSPS) is 12.5. The minimum atomic E-state index is -4.87. The fourth-order valence-electron chi connectivity index (χ4n) is 3.77. The second-order valence-corrected chi connectivity index (χ2v) is 9.14. The van der Waals surface area contributed by atoms with Gasteiger partial charge < -0.3 is 5.73 Å². The Hall–Kier alpha value is -3.26. The molecule has 0 aliphatic carbocycles. The molecule has 0 amide bonds. The summed E-state index contributed by atoms with van der Waals surface area (Å²) in [6, 6.07) is 0. The molecule has 2 heterocycles. The Morgan fingerprint density at radius 2 is 1.51 bits per heavy atom. The van der Waals surface area contributed by atoms with E-state index in [-0.39, 0.29) is 44.7 Å². The molecule has 15 heteroatoms. The Balaban J connectivity index is 2.10. The van der Waals surface area contributed by atoms with E-state index >= 15 is 0 Å². The van der Waals surface area contributed by atoms with E-state index in [0.717, 1.165) is 25.7 Å². The van der Waals surface area contributed by atoms with Crippen molar-refractivity contribution in [2.24, 2.45) is 10.2 Å². The molecule has 218 valence electrons. The number of unbranched alkanes of at least 4 members (excludes halogenated alkanes) is 5. The molecule has 0 bridgehead atoms. The molecule has 0 atom stereocenters. The standard InChI is InChI=1S/C24H33F6N7O2/c1-2-3-4-7-14-37-21(31)18(17-32-37)33-34-22-35(12-8-5-10-19(38)23(25,26)27)15-16-36(22)13-9-6-11-20(39)24(28,29)30/h15-17,31H,2-14H2,1H3/p+1. The highest BCUT2D eigenvalue weighted by atomic mass is 19.4. The second kappa shape index (κ2) is 14.8. The van der Waals surface area contributed by atoms with Gasteiger partial charge in [-0.3, -0.25) is 9.59 Å². The summed E-state index contributed by atoms with van der Waals surface area (Å²) in [5.41, 5.74) is 6.46. The number of carbonyl (C=O) groups excluding carboxylic acids is 2. The van der Waals surface area contributed by atoms with E-state index in [4.69, 9.17) is 5.73 Å². The Kier molecular flexibility index (Phi) is 12.1. The van der Waals surface area contributed by atoms with Gasteiger partial charge in [-0.25, -0.2) is 13.8 Å². The van der Waals surface area contributed by atoms with Crippen LogP contribution in [0, 0.1) is 0 Å². The molecule has 0 aliphatic heterocycles. The van der Waals surface area contributed by atoms with Crippen LogP contribution in [0.1, 0.15) is 71.1 Å². The number of alkyl halides is 6. The van der Waals surface area contributed by atoms with Crippen molar-refractivity contribution in [1.29, 1.82) is 0 Å². The second-order valence-electron chi connectivity index (χ2n) is 9.14. The van der Waals surface area contributed by atoms with Gasteiger partial charge in [0.2, 0.25) is 11.6 Å². The summed E-state index contributed by atoms with van der Waals surface area (Å²) >= 11 is 0. The zero-order valence-electron chi connectivity index (χ0n) is 21.8. The summed E-state index contributed by atoms with van der Waals surface area (Å²) in [6.07, 6.45) is -1.72. The van der Waals surface area contributed by atoms with Crippen LogP contribution in [0.25, 0.3) is 0 Å². The van der Waals surface area contributed by atoms with Gasteiger partial charge >= 0.3 is 18.3 Å². The van der Waals surface area contributed by atoms with Crippen molar-refractivity contribution >= 4 is 29.0 Å². The number of imidazole rings is 1. The molecule has 39 heavy (non-hydrogen) atoms. The van der Waals surface area contributed by atoms with E-state index in [1.165, 1.54) is 6.20 Å². The molecular weight excluding hydrogens is 532 g/mol. The third kappa shape index (κ3) is 10.4. The van der Waals surface area contributed by atoms with Crippen LogP contribution in [-0.4, -0.2) is 38.3 Å². The molecule has 2 aromatic rings. The number of halogens is 6. The van der Waals surface area contributed by atoms with Crippen molar-refractivity contribution in [3.05, 3.63) is 18.6 Å². The van der Waals surface area contributed by atoms with Gasteiger partial charge in [0.15, 0.2) is 11.5 Å². The Morgan fingerprint density at radius 1 is 0.897 bits per heavy atom. The lowest BCUT2D eigenvalue weighted by molar-refractivity contribution is -0.684. The van der Waals surface area contributed by atoms with E-state index in [0.29, 0.717) is 18.1 Å². The first-order valence-corrected chi connectivity index (χ1v) is 12.9. The number of hydrogen-bond acceptors (Lipinski definition) is 6. The van der Waals surface area contributed by atoms with Crippen molar-refractivity contribution in [3.63, 3.8) is 0 Å². The lowest BCUT2D eigenvalue weighted by atomic mass is 10.1. The van der Waals surface area contributed by atoms with Crippen LogP contribution >= 0.6 is 0 Å². The first-order chi connectivity index (χ1) is 18.3. The van der Waals surface area contributed by atoms with Crippen molar-refractivity contribution in [2.75, 3.05) is 5.73 Å². The first kappa shape index (κ1) is 32.0. The number of carbonyl (C=O) groups is 2.